The number of nitrogens with two attached hydrogens (primary N) is 1. The molecule has 2 rings (SSSR count). The Balaban J connectivity index is 2.07. The zero-order valence-corrected chi connectivity index (χ0v) is 12.9. The zero-order chi connectivity index (χ0) is 15.5. The van der Waals surface area contributed by atoms with Crippen LogP contribution in [0.15, 0.2) is 0 Å². The molecule has 1 aromatic rings. The second-order valence-electron chi connectivity index (χ2n) is 6.21. The van der Waals surface area contributed by atoms with Gasteiger partial charge in [0.2, 0.25) is 17.8 Å². The topological polar surface area (TPSA) is 112 Å². The van der Waals surface area contributed by atoms with E-state index in [-0.39, 0.29) is 18.0 Å². The van der Waals surface area contributed by atoms with E-state index in [1.807, 2.05) is 20.9 Å². The van der Waals surface area contributed by atoms with Crippen LogP contribution in [-0.4, -0.2) is 59.4 Å². The van der Waals surface area contributed by atoms with Crippen molar-refractivity contribution in [1.82, 2.24) is 20.3 Å². The minimum absolute atomic E-state index is 0.0867. The number of likely N-dealkylation sites (N-methyl/N-ethyl adjacent to an activating group) is 1. The Morgan fingerprint density at radius 3 is 2.76 bits per heavy atom. The largest absolute Gasteiger partial charge is 0.396 e. The lowest BCUT2D eigenvalue weighted by atomic mass is 9.95. The van der Waals surface area contributed by atoms with E-state index < -0.39 is 0 Å². The van der Waals surface area contributed by atoms with E-state index in [0.29, 0.717) is 24.5 Å². The summed E-state index contributed by atoms with van der Waals surface area (Å²) in [6, 6.07) is 0.452. The van der Waals surface area contributed by atoms with Crippen LogP contribution >= 0.6 is 0 Å². The number of nitrogens with one attached hydrogen (secondary N) is 2. The lowest BCUT2D eigenvalue weighted by molar-refractivity contribution is 0.170. The van der Waals surface area contributed by atoms with Gasteiger partial charge in [-0.2, -0.15) is 15.0 Å². The lowest BCUT2D eigenvalue weighted by Gasteiger charge is -2.22. The van der Waals surface area contributed by atoms with E-state index in [9.17, 15) is 5.11 Å². The van der Waals surface area contributed by atoms with Gasteiger partial charge < -0.3 is 26.4 Å². The number of aliphatic hydroxyl groups is 1. The standard InChI is InChI=1S/C13H25N7O/c1-13(2,8-21)7-16-11-17-10(14)18-12(19-11)20-5-4-9(6-20)15-3/h9,15,21H,4-8H2,1-3H3,(H3,14,16,17,18,19)/t9-/m1/s1. The van der Waals surface area contributed by atoms with Crippen LogP contribution in [0, 0.1) is 5.41 Å². The fraction of sp³-hybridized carbons (Fsp3) is 0.769. The third kappa shape index (κ3) is 4.15. The van der Waals surface area contributed by atoms with Crippen LogP contribution in [0.25, 0.3) is 0 Å². The molecule has 1 aliphatic rings. The maximum absolute atomic E-state index is 9.28. The number of aromatic nitrogens is 3. The second kappa shape index (κ2) is 6.40. The number of hydrogen-bond donors (Lipinski definition) is 4. The molecule has 8 heteroatoms. The Morgan fingerprint density at radius 2 is 2.14 bits per heavy atom. The highest BCUT2D eigenvalue weighted by Gasteiger charge is 2.24. The normalized spacial score (nSPS) is 19.0. The van der Waals surface area contributed by atoms with Gasteiger partial charge in [-0.25, -0.2) is 0 Å². The van der Waals surface area contributed by atoms with E-state index in [4.69, 9.17) is 5.73 Å². The summed E-state index contributed by atoms with van der Waals surface area (Å²) < 4.78 is 0. The first-order valence-electron chi connectivity index (χ1n) is 7.22. The number of rotatable bonds is 6. The minimum atomic E-state index is -0.244. The van der Waals surface area contributed by atoms with Crippen molar-refractivity contribution in [2.24, 2.45) is 5.41 Å². The van der Waals surface area contributed by atoms with Gasteiger partial charge in [0, 0.05) is 37.7 Å². The molecule has 1 fully saturated rings. The van der Waals surface area contributed by atoms with Gasteiger partial charge in [-0.3, -0.25) is 0 Å². The predicted molar refractivity (Wildman–Crippen MR) is 83.3 cm³/mol. The Bertz CT molecular complexity index is 480. The fourth-order valence-electron chi connectivity index (χ4n) is 2.15. The van der Waals surface area contributed by atoms with Gasteiger partial charge in [0.05, 0.1) is 0 Å². The molecule has 1 aromatic heterocycles. The Kier molecular flexibility index (Phi) is 4.79. The maximum Gasteiger partial charge on any atom is 0.232 e. The SMILES string of the molecule is CN[C@@H]1CCN(c2nc(N)nc(NCC(C)(C)CO)n2)C1. The summed E-state index contributed by atoms with van der Waals surface area (Å²) >= 11 is 0. The summed E-state index contributed by atoms with van der Waals surface area (Å²) in [4.78, 5) is 14.8. The average molecular weight is 295 g/mol. The first-order valence-corrected chi connectivity index (χ1v) is 7.22. The van der Waals surface area contributed by atoms with Crippen molar-refractivity contribution < 1.29 is 5.11 Å². The molecule has 1 aliphatic heterocycles. The molecule has 2 heterocycles. The molecule has 0 saturated carbocycles. The highest BCUT2D eigenvalue weighted by atomic mass is 16.3. The van der Waals surface area contributed by atoms with Crippen molar-refractivity contribution in [1.29, 1.82) is 0 Å². The summed E-state index contributed by atoms with van der Waals surface area (Å²) in [7, 11) is 1.96. The third-order valence-corrected chi connectivity index (χ3v) is 3.67. The number of nitrogen functional groups attached to an aromatic ring is 1. The molecule has 0 radical (unpaired) electrons. The molecule has 0 amide bonds. The third-order valence-electron chi connectivity index (χ3n) is 3.67. The summed E-state index contributed by atoms with van der Waals surface area (Å²) in [5, 5.41) is 15.7. The summed E-state index contributed by atoms with van der Waals surface area (Å²) in [5.74, 6) is 1.26. The Hall–Kier alpha value is -1.67. The molecule has 0 bridgehead atoms. The molecule has 0 aromatic carbocycles. The molecular weight excluding hydrogens is 270 g/mol. The van der Waals surface area contributed by atoms with Crippen LogP contribution < -0.4 is 21.3 Å². The highest BCUT2D eigenvalue weighted by Crippen LogP contribution is 2.19. The van der Waals surface area contributed by atoms with Crippen LogP contribution in [0.1, 0.15) is 20.3 Å². The van der Waals surface area contributed by atoms with Crippen molar-refractivity contribution in [2.75, 3.05) is 49.2 Å². The Labute approximate surface area is 125 Å². The number of anilines is 3. The summed E-state index contributed by atoms with van der Waals surface area (Å²) in [5.41, 5.74) is 5.53. The number of aliphatic hydroxyl groups excluding tert-OH is 1. The fourth-order valence-corrected chi connectivity index (χ4v) is 2.15. The molecule has 0 aliphatic carbocycles. The van der Waals surface area contributed by atoms with Crippen LogP contribution in [0.3, 0.4) is 0 Å². The second-order valence-corrected chi connectivity index (χ2v) is 6.21. The molecule has 118 valence electrons. The monoisotopic (exact) mass is 295 g/mol. The van der Waals surface area contributed by atoms with E-state index in [1.54, 1.807) is 0 Å². The molecule has 8 nitrogen and oxygen atoms in total. The summed E-state index contributed by atoms with van der Waals surface area (Å²) in [6.07, 6.45) is 1.06. The van der Waals surface area contributed by atoms with Gasteiger partial charge in [-0.1, -0.05) is 13.8 Å². The van der Waals surface area contributed by atoms with Crippen LogP contribution in [0.4, 0.5) is 17.8 Å². The first kappa shape index (κ1) is 15.7. The molecule has 0 spiro atoms. The molecule has 1 saturated heterocycles. The lowest BCUT2D eigenvalue weighted by Crippen LogP contribution is -2.31. The van der Waals surface area contributed by atoms with Crippen molar-refractivity contribution in [3.8, 4) is 0 Å². The smallest absolute Gasteiger partial charge is 0.232 e. The molecular formula is C13H25N7O. The maximum atomic E-state index is 9.28. The predicted octanol–water partition coefficient (Wildman–Crippen LogP) is -0.318. The first-order chi connectivity index (χ1) is 9.93. The van der Waals surface area contributed by atoms with Crippen LogP contribution in [0.5, 0.6) is 0 Å². The van der Waals surface area contributed by atoms with Gasteiger partial charge in [-0.15, -0.1) is 0 Å². The van der Waals surface area contributed by atoms with E-state index >= 15 is 0 Å². The van der Waals surface area contributed by atoms with Gasteiger partial charge in [0.25, 0.3) is 0 Å². The quantitative estimate of drug-likeness (QED) is 0.565. The Morgan fingerprint density at radius 1 is 1.38 bits per heavy atom. The number of hydrogen-bond acceptors (Lipinski definition) is 8. The summed E-state index contributed by atoms with van der Waals surface area (Å²) in [6.45, 7) is 6.33. The highest BCUT2D eigenvalue weighted by molar-refractivity contribution is 5.43. The van der Waals surface area contributed by atoms with E-state index in [1.165, 1.54) is 0 Å². The molecule has 5 N–H and O–H groups in total. The molecule has 21 heavy (non-hydrogen) atoms. The van der Waals surface area contributed by atoms with Gasteiger partial charge in [0.1, 0.15) is 0 Å². The van der Waals surface area contributed by atoms with Crippen molar-refractivity contribution >= 4 is 17.8 Å². The van der Waals surface area contributed by atoms with Crippen LogP contribution in [0.2, 0.25) is 0 Å². The number of nitrogens with zero attached hydrogens (tertiary/aromatic N) is 4. The molecule has 1 atom stereocenters. The van der Waals surface area contributed by atoms with Gasteiger partial charge in [0.15, 0.2) is 0 Å². The zero-order valence-electron chi connectivity index (χ0n) is 12.9. The van der Waals surface area contributed by atoms with Crippen molar-refractivity contribution in [3.63, 3.8) is 0 Å². The van der Waals surface area contributed by atoms with Crippen molar-refractivity contribution in [3.05, 3.63) is 0 Å². The van der Waals surface area contributed by atoms with Crippen molar-refractivity contribution in [2.45, 2.75) is 26.3 Å². The van der Waals surface area contributed by atoms with Gasteiger partial charge >= 0.3 is 0 Å². The van der Waals surface area contributed by atoms with Gasteiger partial charge in [-0.05, 0) is 13.5 Å². The van der Waals surface area contributed by atoms with E-state index in [2.05, 4.69) is 30.5 Å². The molecule has 0 unspecified atom stereocenters. The van der Waals surface area contributed by atoms with Crippen LogP contribution in [-0.2, 0) is 0 Å². The van der Waals surface area contributed by atoms with E-state index in [0.717, 1.165) is 19.5 Å². The average Bonchev–Trinajstić information content (AvgIpc) is 2.94. The minimum Gasteiger partial charge on any atom is -0.396 e.